The molecule has 1 aromatic heterocycles. The molecular weight excluding hydrogens is 349 g/mol. The largest absolute Gasteiger partial charge is 0.436 e. The molecule has 0 saturated carbocycles. The Morgan fingerprint density at radius 1 is 1.07 bits per heavy atom. The van der Waals surface area contributed by atoms with Crippen molar-refractivity contribution in [2.45, 2.75) is 0 Å². The third-order valence-electron chi connectivity index (χ3n) is 3.91. The van der Waals surface area contributed by atoms with Crippen molar-refractivity contribution in [2.24, 2.45) is 4.99 Å². The molecule has 7 heteroatoms. The van der Waals surface area contributed by atoms with Crippen LogP contribution in [-0.4, -0.2) is 16.1 Å². The van der Waals surface area contributed by atoms with Crippen LogP contribution >= 0.6 is 0 Å². The first-order valence-electron chi connectivity index (χ1n) is 8.03. The fourth-order valence-corrected chi connectivity index (χ4v) is 2.57. The average Bonchev–Trinajstić information content (AvgIpc) is 3.10. The quantitative estimate of drug-likeness (QED) is 0.281. The SMILES string of the molecule is O=[N+]([O-])c1ccc(C=Nc2ccc3oc(-c4cccc(F)c4)nc3c2)cc1. The summed E-state index contributed by atoms with van der Waals surface area (Å²) in [6.45, 7) is 0. The molecule has 0 saturated heterocycles. The van der Waals surface area contributed by atoms with Gasteiger partial charge in [-0.2, -0.15) is 0 Å². The molecule has 27 heavy (non-hydrogen) atoms. The van der Waals surface area contributed by atoms with Gasteiger partial charge in [-0.25, -0.2) is 9.37 Å². The number of aromatic nitrogens is 1. The molecule has 0 amide bonds. The van der Waals surface area contributed by atoms with Crippen molar-refractivity contribution in [3.8, 4) is 11.5 Å². The number of nitro groups is 1. The summed E-state index contributed by atoms with van der Waals surface area (Å²) in [6, 6.07) is 17.4. The summed E-state index contributed by atoms with van der Waals surface area (Å²) in [6.07, 6.45) is 1.61. The van der Waals surface area contributed by atoms with E-state index in [1.165, 1.54) is 24.3 Å². The summed E-state index contributed by atoms with van der Waals surface area (Å²) in [5, 5.41) is 10.7. The normalized spacial score (nSPS) is 11.3. The zero-order valence-corrected chi connectivity index (χ0v) is 13.9. The van der Waals surface area contributed by atoms with Crippen LogP contribution < -0.4 is 0 Å². The summed E-state index contributed by atoms with van der Waals surface area (Å²) in [7, 11) is 0. The van der Waals surface area contributed by atoms with Gasteiger partial charge in [0.25, 0.3) is 5.69 Å². The monoisotopic (exact) mass is 361 g/mol. The van der Waals surface area contributed by atoms with Crippen LogP contribution in [-0.2, 0) is 0 Å². The molecule has 0 bridgehead atoms. The maximum Gasteiger partial charge on any atom is 0.269 e. The van der Waals surface area contributed by atoms with E-state index in [0.29, 0.717) is 28.2 Å². The number of benzene rings is 3. The summed E-state index contributed by atoms with van der Waals surface area (Å²) < 4.78 is 19.0. The van der Waals surface area contributed by atoms with Gasteiger partial charge in [-0.05, 0) is 54.1 Å². The van der Waals surface area contributed by atoms with E-state index in [4.69, 9.17) is 4.42 Å². The summed E-state index contributed by atoms with van der Waals surface area (Å²) in [4.78, 5) is 19.0. The van der Waals surface area contributed by atoms with Crippen molar-refractivity contribution in [3.63, 3.8) is 0 Å². The third-order valence-corrected chi connectivity index (χ3v) is 3.91. The van der Waals surface area contributed by atoms with E-state index in [1.807, 2.05) is 0 Å². The highest BCUT2D eigenvalue weighted by molar-refractivity contribution is 5.85. The third kappa shape index (κ3) is 3.57. The number of hydrogen-bond donors (Lipinski definition) is 0. The standard InChI is InChI=1S/C20H12FN3O3/c21-15-3-1-2-14(10-15)20-23-18-11-16(6-9-19(18)27-20)22-12-13-4-7-17(8-5-13)24(25)26/h1-12H. The van der Waals surface area contributed by atoms with Gasteiger partial charge >= 0.3 is 0 Å². The Hall–Kier alpha value is -3.87. The molecule has 132 valence electrons. The van der Waals surface area contributed by atoms with E-state index in [0.717, 1.165) is 5.56 Å². The molecule has 4 rings (SSSR count). The highest BCUT2D eigenvalue weighted by Gasteiger charge is 2.09. The van der Waals surface area contributed by atoms with Gasteiger partial charge in [0.15, 0.2) is 5.58 Å². The molecule has 0 unspecified atom stereocenters. The number of oxazole rings is 1. The molecule has 0 atom stereocenters. The van der Waals surface area contributed by atoms with Gasteiger partial charge < -0.3 is 4.42 Å². The van der Waals surface area contributed by atoms with Crippen LogP contribution in [0.4, 0.5) is 15.8 Å². The van der Waals surface area contributed by atoms with E-state index >= 15 is 0 Å². The number of aliphatic imine (C=N–C) groups is 1. The molecule has 6 nitrogen and oxygen atoms in total. The van der Waals surface area contributed by atoms with E-state index in [9.17, 15) is 14.5 Å². The molecule has 0 aliphatic heterocycles. The second-order valence-electron chi connectivity index (χ2n) is 5.79. The molecule has 4 aromatic rings. The predicted octanol–water partition coefficient (Wildman–Crippen LogP) is 5.29. The summed E-state index contributed by atoms with van der Waals surface area (Å²) in [5.41, 5.74) is 3.15. The van der Waals surface area contributed by atoms with Gasteiger partial charge in [-0.15, -0.1) is 0 Å². The van der Waals surface area contributed by atoms with Crippen molar-refractivity contribution in [3.05, 3.63) is 88.2 Å². The van der Waals surface area contributed by atoms with Crippen LogP contribution in [0.25, 0.3) is 22.6 Å². The van der Waals surface area contributed by atoms with Crippen molar-refractivity contribution in [1.82, 2.24) is 4.98 Å². The number of nitro benzene ring substituents is 1. The van der Waals surface area contributed by atoms with Gasteiger partial charge in [-0.3, -0.25) is 15.1 Å². The summed E-state index contributed by atoms with van der Waals surface area (Å²) >= 11 is 0. The zero-order chi connectivity index (χ0) is 18.8. The molecule has 1 heterocycles. The highest BCUT2D eigenvalue weighted by atomic mass is 19.1. The Kier molecular flexibility index (Phi) is 4.18. The van der Waals surface area contributed by atoms with Crippen molar-refractivity contribution in [1.29, 1.82) is 0 Å². The van der Waals surface area contributed by atoms with Gasteiger partial charge in [-0.1, -0.05) is 6.07 Å². The second kappa shape index (κ2) is 6.80. The van der Waals surface area contributed by atoms with Gasteiger partial charge in [0.05, 0.1) is 10.6 Å². The van der Waals surface area contributed by atoms with E-state index in [1.54, 1.807) is 48.7 Å². The molecule has 0 radical (unpaired) electrons. The minimum Gasteiger partial charge on any atom is -0.436 e. The lowest BCUT2D eigenvalue weighted by molar-refractivity contribution is -0.384. The van der Waals surface area contributed by atoms with Crippen molar-refractivity contribution < 1.29 is 13.7 Å². The van der Waals surface area contributed by atoms with Crippen molar-refractivity contribution in [2.75, 3.05) is 0 Å². The summed E-state index contributed by atoms with van der Waals surface area (Å²) in [5.74, 6) is -0.0239. The Morgan fingerprint density at radius 2 is 1.89 bits per heavy atom. The number of nitrogens with zero attached hydrogens (tertiary/aromatic N) is 3. The molecular formula is C20H12FN3O3. The van der Waals surface area contributed by atoms with Crippen LogP contribution in [0.1, 0.15) is 5.56 Å². The Bertz CT molecular complexity index is 1170. The fourth-order valence-electron chi connectivity index (χ4n) is 2.57. The van der Waals surface area contributed by atoms with E-state index in [-0.39, 0.29) is 11.5 Å². The topological polar surface area (TPSA) is 81.5 Å². The molecule has 0 spiro atoms. The van der Waals surface area contributed by atoms with Crippen LogP contribution in [0.2, 0.25) is 0 Å². The average molecular weight is 361 g/mol. The van der Waals surface area contributed by atoms with Gasteiger partial charge in [0.2, 0.25) is 5.89 Å². The predicted molar refractivity (Wildman–Crippen MR) is 99.8 cm³/mol. The number of non-ortho nitro benzene ring substituents is 1. The minimum absolute atomic E-state index is 0.0287. The molecule has 0 fully saturated rings. The van der Waals surface area contributed by atoms with Crippen LogP contribution in [0.15, 0.2) is 76.1 Å². The highest BCUT2D eigenvalue weighted by Crippen LogP contribution is 2.27. The van der Waals surface area contributed by atoms with E-state index < -0.39 is 4.92 Å². The Morgan fingerprint density at radius 3 is 2.63 bits per heavy atom. The number of halogens is 1. The number of hydrogen-bond acceptors (Lipinski definition) is 5. The molecule has 0 aliphatic rings. The van der Waals surface area contributed by atoms with E-state index in [2.05, 4.69) is 9.98 Å². The Balaban J connectivity index is 1.60. The van der Waals surface area contributed by atoms with Gasteiger partial charge in [0, 0.05) is 23.9 Å². The van der Waals surface area contributed by atoms with Crippen LogP contribution in [0.3, 0.4) is 0 Å². The fraction of sp³-hybridized carbons (Fsp3) is 0. The molecule has 0 aliphatic carbocycles. The first-order valence-corrected chi connectivity index (χ1v) is 8.03. The number of rotatable bonds is 4. The Labute approximate surface area is 152 Å². The van der Waals surface area contributed by atoms with Crippen molar-refractivity contribution >= 4 is 28.7 Å². The first kappa shape index (κ1) is 16.6. The maximum absolute atomic E-state index is 13.4. The zero-order valence-electron chi connectivity index (χ0n) is 13.9. The number of fused-ring (bicyclic) bond motifs is 1. The van der Waals surface area contributed by atoms with Crippen LogP contribution in [0, 0.1) is 15.9 Å². The second-order valence-corrected chi connectivity index (χ2v) is 5.79. The first-order chi connectivity index (χ1) is 13.1. The lowest BCUT2D eigenvalue weighted by Crippen LogP contribution is -1.88. The lowest BCUT2D eigenvalue weighted by Gasteiger charge is -1.95. The maximum atomic E-state index is 13.4. The van der Waals surface area contributed by atoms with Gasteiger partial charge in [0.1, 0.15) is 11.3 Å². The van der Waals surface area contributed by atoms with Crippen LogP contribution in [0.5, 0.6) is 0 Å². The minimum atomic E-state index is -0.449. The molecule has 3 aromatic carbocycles. The molecule has 0 N–H and O–H groups in total. The smallest absolute Gasteiger partial charge is 0.269 e. The lowest BCUT2D eigenvalue weighted by atomic mass is 10.2.